The molecule has 1 saturated heterocycles. The van der Waals surface area contributed by atoms with Crippen LogP contribution in [0.2, 0.25) is 0 Å². The van der Waals surface area contributed by atoms with E-state index in [1.807, 2.05) is 12.1 Å². The highest BCUT2D eigenvalue weighted by Crippen LogP contribution is 2.20. The van der Waals surface area contributed by atoms with E-state index in [-0.39, 0.29) is 0 Å². The third-order valence-corrected chi connectivity index (χ3v) is 4.02. The molecule has 0 aliphatic carbocycles. The number of pyridine rings is 1. The second kappa shape index (κ2) is 6.04. The highest BCUT2D eigenvalue weighted by molar-refractivity contribution is 5.54. The highest BCUT2D eigenvalue weighted by atomic mass is 15.3. The van der Waals surface area contributed by atoms with Crippen LogP contribution in [0.15, 0.2) is 42.5 Å². The number of benzene rings is 1. The molecule has 0 radical (unpaired) electrons. The SMILES string of the molecule is CCc1cccc(N2CCN(c3ccc(N)cc3)CC2)n1. The number of piperazine rings is 1. The Kier molecular flexibility index (Phi) is 3.95. The number of hydrogen-bond donors (Lipinski definition) is 1. The van der Waals surface area contributed by atoms with Gasteiger partial charge in [-0.1, -0.05) is 13.0 Å². The van der Waals surface area contributed by atoms with Crippen LogP contribution in [0, 0.1) is 0 Å². The second-order valence-electron chi connectivity index (χ2n) is 5.41. The third kappa shape index (κ3) is 3.10. The Hall–Kier alpha value is -2.23. The number of aromatic nitrogens is 1. The molecule has 0 unspecified atom stereocenters. The minimum absolute atomic E-state index is 0.818. The van der Waals surface area contributed by atoms with Gasteiger partial charge in [0.1, 0.15) is 5.82 Å². The Bertz CT molecular complexity index is 586. The smallest absolute Gasteiger partial charge is 0.128 e. The predicted molar refractivity (Wildman–Crippen MR) is 88.9 cm³/mol. The van der Waals surface area contributed by atoms with E-state index in [9.17, 15) is 0 Å². The Balaban J connectivity index is 1.65. The summed E-state index contributed by atoms with van der Waals surface area (Å²) in [5, 5.41) is 0. The van der Waals surface area contributed by atoms with Gasteiger partial charge in [0.2, 0.25) is 0 Å². The zero-order valence-electron chi connectivity index (χ0n) is 12.5. The first kappa shape index (κ1) is 13.7. The summed E-state index contributed by atoms with van der Waals surface area (Å²) in [6, 6.07) is 14.4. The van der Waals surface area contributed by atoms with Gasteiger partial charge in [-0.25, -0.2) is 4.98 Å². The van der Waals surface area contributed by atoms with Crippen LogP contribution >= 0.6 is 0 Å². The maximum absolute atomic E-state index is 5.75. The standard InChI is InChI=1S/C17H22N4/c1-2-15-4-3-5-17(19-15)21-12-10-20(11-13-21)16-8-6-14(18)7-9-16/h3-9H,2,10-13,18H2,1H3. The number of hydrogen-bond acceptors (Lipinski definition) is 4. The largest absolute Gasteiger partial charge is 0.399 e. The Labute approximate surface area is 126 Å². The molecule has 21 heavy (non-hydrogen) atoms. The molecule has 2 heterocycles. The minimum atomic E-state index is 0.818. The number of rotatable bonds is 3. The summed E-state index contributed by atoms with van der Waals surface area (Å²) in [4.78, 5) is 9.49. The number of nitrogens with two attached hydrogens (primary N) is 1. The van der Waals surface area contributed by atoms with Gasteiger partial charge in [0.05, 0.1) is 0 Å². The van der Waals surface area contributed by atoms with Gasteiger partial charge < -0.3 is 15.5 Å². The van der Waals surface area contributed by atoms with Crippen LogP contribution in [-0.2, 0) is 6.42 Å². The molecule has 1 fully saturated rings. The van der Waals surface area contributed by atoms with Crippen molar-refractivity contribution >= 4 is 17.2 Å². The maximum Gasteiger partial charge on any atom is 0.128 e. The minimum Gasteiger partial charge on any atom is -0.399 e. The monoisotopic (exact) mass is 282 g/mol. The first-order valence-corrected chi connectivity index (χ1v) is 7.57. The molecular weight excluding hydrogens is 260 g/mol. The molecule has 1 aromatic carbocycles. The van der Waals surface area contributed by atoms with Gasteiger partial charge in [0.15, 0.2) is 0 Å². The molecule has 1 aromatic heterocycles. The second-order valence-corrected chi connectivity index (χ2v) is 5.41. The van der Waals surface area contributed by atoms with E-state index in [0.29, 0.717) is 0 Å². The van der Waals surface area contributed by atoms with Crippen molar-refractivity contribution in [1.29, 1.82) is 0 Å². The van der Waals surface area contributed by atoms with Gasteiger partial charge >= 0.3 is 0 Å². The molecule has 4 nitrogen and oxygen atoms in total. The van der Waals surface area contributed by atoms with Crippen molar-refractivity contribution in [2.24, 2.45) is 0 Å². The van der Waals surface area contributed by atoms with Gasteiger partial charge in [-0.3, -0.25) is 0 Å². The highest BCUT2D eigenvalue weighted by Gasteiger charge is 2.18. The number of anilines is 3. The summed E-state index contributed by atoms with van der Waals surface area (Å²) >= 11 is 0. The van der Waals surface area contributed by atoms with Crippen LogP contribution in [-0.4, -0.2) is 31.2 Å². The lowest BCUT2D eigenvalue weighted by Crippen LogP contribution is -2.46. The average molecular weight is 282 g/mol. The molecule has 2 N–H and O–H groups in total. The molecule has 0 atom stereocenters. The Morgan fingerprint density at radius 3 is 2.29 bits per heavy atom. The normalized spacial score (nSPS) is 15.3. The summed E-state index contributed by atoms with van der Waals surface area (Å²) in [6.45, 7) is 6.18. The quantitative estimate of drug-likeness (QED) is 0.879. The van der Waals surface area contributed by atoms with Crippen molar-refractivity contribution in [2.45, 2.75) is 13.3 Å². The van der Waals surface area contributed by atoms with Crippen molar-refractivity contribution in [2.75, 3.05) is 41.7 Å². The molecular formula is C17H22N4. The Morgan fingerprint density at radius 2 is 1.62 bits per heavy atom. The van der Waals surface area contributed by atoms with E-state index < -0.39 is 0 Å². The fraction of sp³-hybridized carbons (Fsp3) is 0.353. The molecule has 4 heteroatoms. The van der Waals surface area contributed by atoms with Gasteiger partial charge in [0, 0.05) is 43.2 Å². The molecule has 0 spiro atoms. The molecule has 1 aliphatic rings. The zero-order valence-corrected chi connectivity index (χ0v) is 12.5. The topological polar surface area (TPSA) is 45.4 Å². The first-order chi connectivity index (χ1) is 10.3. The summed E-state index contributed by atoms with van der Waals surface area (Å²) in [5.41, 5.74) is 8.97. The molecule has 3 rings (SSSR count). The van der Waals surface area contributed by atoms with Crippen LogP contribution in [0.25, 0.3) is 0 Å². The summed E-state index contributed by atoms with van der Waals surface area (Å²) < 4.78 is 0. The van der Waals surface area contributed by atoms with Gasteiger partial charge in [0.25, 0.3) is 0 Å². The van der Waals surface area contributed by atoms with E-state index >= 15 is 0 Å². The predicted octanol–water partition coefficient (Wildman–Crippen LogP) is 2.55. The van der Waals surface area contributed by atoms with Gasteiger partial charge in [-0.2, -0.15) is 0 Å². The fourth-order valence-electron chi connectivity index (χ4n) is 2.72. The van der Waals surface area contributed by atoms with Gasteiger partial charge in [-0.15, -0.1) is 0 Å². The van der Waals surface area contributed by atoms with E-state index in [4.69, 9.17) is 10.7 Å². The van der Waals surface area contributed by atoms with Crippen LogP contribution in [0.5, 0.6) is 0 Å². The third-order valence-electron chi connectivity index (χ3n) is 4.02. The lowest BCUT2D eigenvalue weighted by atomic mass is 10.2. The van der Waals surface area contributed by atoms with Crippen molar-refractivity contribution in [3.63, 3.8) is 0 Å². The lowest BCUT2D eigenvalue weighted by Gasteiger charge is -2.36. The molecule has 0 amide bonds. The zero-order chi connectivity index (χ0) is 14.7. The van der Waals surface area contributed by atoms with Crippen LogP contribution in [0.4, 0.5) is 17.2 Å². The maximum atomic E-state index is 5.75. The van der Waals surface area contributed by atoms with E-state index in [1.54, 1.807) is 0 Å². The van der Waals surface area contributed by atoms with Crippen LogP contribution in [0.1, 0.15) is 12.6 Å². The molecule has 110 valence electrons. The van der Waals surface area contributed by atoms with Crippen molar-refractivity contribution in [3.8, 4) is 0 Å². The number of nitrogen functional groups attached to an aromatic ring is 1. The van der Waals surface area contributed by atoms with Crippen LogP contribution < -0.4 is 15.5 Å². The number of nitrogens with zero attached hydrogens (tertiary/aromatic N) is 3. The first-order valence-electron chi connectivity index (χ1n) is 7.57. The molecule has 1 aliphatic heterocycles. The average Bonchev–Trinajstić information content (AvgIpc) is 2.56. The molecule has 0 bridgehead atoms. The van der Waals surface area contributed by atoms with E-state index in [2.05, 4.69) is 47.1 Å². The van der Waals surface area contributed by atoms with Crippen LogP contribution in [0.3, 0.4) is 0 Å². The van der Waals surface area contributed by atoms with Crippen molar-refractivity contribution < 1.29 is 0 Å². The fourth-order valence-corrected chi connectivity index (χ4v) is 2.72. The van der Waals surface area contributed by atoms with E-state index in [1.165, 1.54) is 5.69 Å². The van der Waals surface area contributed by atoms with E-state index in [0.717, 1.165) is 49.8 Å². The summed E-state index contributed by atoms with van der Waals surface area (Å²) in [6.07, 6.45) is 0.985. The summed E-state index contributed by atoms with van der Waals surface area (Å²) in [5.74, 6) is 1.10. The Morgan fingerprint density at radius 1 is 0.952 bits per heavy atom. The summed E-state index contributed by atoms with van der Waals surface area (Å²) in [7, 11) is 0. The van der Waals surface area contributed by atoms with Crippen molar-refractivity contribution in [1.82, 2.24) is 4.98 Å². The lowest BCUT2D eigenvalue weighted by molar-refractivity contribution is 0.646. The van der Waals surface area contributed by atoms with Crippen molar-refractivity contribution in [3.05, 3.63) is 48.2 Å². The number of aryl methyl sites for hydroxylation is 1. The molecule has 0 saturated carbocycles. The molecule has 2 aromatic rings. The van der Waals surface area contributed by atoms with Gasteiger partial charge in [-0.05, 0) is 42.8 Å².